The van der Waals surface area contributed by atoms with Gasteiger partial charge >= 0.3 is 0 Å². The van der Waals surface area contributed by atoms with Crippen molar-refractivity contribution in [3.8, 4) is 0 Å². The summed E-state index contributed by atoms with van der Waals surface area (Å²) >= 11 is 3.07. The fourth-order valence-corrected chi connectivity index (χ4v) is 4.15. The molecule has 19 heavy (non-hydrogen) atoms. The number of amides is 1. The summed E-state index contributed by atoms with van der Waals surface area (Å²) in [7, 11) is 0. The quantitative estimate of drug-likeness (QED) is 0.828. The second-order valence-electron chi connectivity index (χ2n) is 4.14. The first-order valence-electron chi connectivity index (χ1n) is 6.26. The number of nitrogens with zero attached hydrogens (tertiary/aromatic N) is 1. The number of ether oxygens (including phenoxy) is 1. The van der Waals surface area contributed by atoms with Gasteiger partial charge in [0.15, 0.2) is 0 Å². The first kappa shape index (κ1) is 14.5. The van der Waals surface area contributed by atoms with Gasteiger partial charge in [-0.05, 0) is 13.2 Å². The number of hydrogen-bond donors (Lipinski definition) is 2. The minimum atomic E-state index is -0.0835. The molecule has 0 unspecified atom stereocenters. The number of rotatable bonds is 4. The predicted molar refractivity (Wildman–Crippen MR) is 81.6 cm³/mol. The Morgan fingerprint density at radius 3 is 2.79 bits per heavy atom. The summed E-state index contributed by atoms with van der Waals surface area (Å²) in [5.41, 5.74) is 6.73. The number of nitrogen functional groups attached to an aromatic ring is 1. The molecule has 1 amide bonds. The number of hydrogen-bond acceptors (Lipinski definition) is 6. The van der Waals surface area contributed by atoms with Gasteiger partial charge in [-0.2, -0.15) is 0 Å². The highest BCUT2D eigenvalue weighted by Gasteiger charge is 2.24. The van der Waals surface area contributed by atoms with Crippen LogP contribution in [0.15, 0.2) is 4.90 Å². The van der Waals surface area contributed by atoms with Crippen molar-refractivity contribution in [2.75, 3.05) is 49.7 Å². The van der Waals surface area contributed by atoms with Crippen LogP contribution < -0.4 is 16.0 Å². The van der Waals surface area contributed by atoms with Crippen LogP contribution in [0.1, 0.15) is 16.6 Å². The largest absolute Gasteiger partial charge is 0.396 e. The molecule has 1 aliphatic heterocycles. The van der Waals surface area contributed by atoms with E-state index < -0.39 is 0 Å². The van der Waals surface area contributed by atoms with Gasteiger partial charge in [0.1, 0.15) is 9.88 Å². The van der Waals surface area contributed by atoms with Crippen LogP contribution in [-0.4, -0.2) is 45.0 Å². The fourth-order valence-electron chi connectivity index (χ4n) is 2.00. The third-order valence-electron chi connectivity index (χ3n) is 2.93. The molecule has 0 atom stereocenters. The molecule has 2 heterocycles. The Hall–Kier alpha value is -0.920. The minimum absolute atomic E-state index is 0.0835. The Kier molecular flexibility index (Phi) is 4.95. The number of nitrogens with two attached hydrogens (primary N) is 1. The molecule has 1 aromatic heterocycles. The summed E-state index contributed by atoms with van der Waals surface area (Å²) < 4.78 is 5.36. The monoisotopic (exact) mass is 301 g/mol. The number of carbonyl (C=O) groups excluding carboxylic acids is 1. The van der Waals surface area contributed by atoms with E-state index in [-0.39, 0.29) is 5.91 Å². The zero-order chi connectivity index (χ0) is 13.8. The van der Waals surface area contributed by atoms with Crippen molar-refractivity contribution in [2.45, 2.75) is 11.8 Å². The molecule has 1 fully saturated rings. The lowest BCUT2D eigenvalue weighted by Gasteiger charge is -2.28. The molecule has 0 radical (unpaired) electrons. The summed E-state index contributed by atoms with van der Waals surface area (Å²) in [6, 6.07) is 0. The molecule has 2 rings (SSSR count). The second kappa shape index (κ2) is 6.49. The van der Waals surface area contributed by atoms with Crippen molar-refractivity contribution < 1.29 is 9.53 Å². The Labute approximate surface area is 121 Å². The SMILES string of the molecule is CCNC(=O)c1sc(N2CCOCC2)c(SC)c1N. The van der Waals surface area contributed by atoms with Gasteiger partial charge in [-0.15, -0.1) is 23.1 Å². The average Bonchev–Trinajstić information content (AvgIpc) is 2.77. The van der Waals surface area contributed by atoms with Crippen molar-refractivity contribution >= 4 is 39.7 Å². The van der Waals surface area contributed by atoms with E-state index in [1.165, 1.54) is 11.3 Å². The molecular formula is C12H19N3O2S2. The van der Waals surface area contributed by atoms with Crippen LogP contribution in [0.5, 0.6) is 0 Å². The molecule has 7 heteroatoms. The van der Waals surface area contributed by atoms with E-state index in [1.54, 1.807) is 11.8 Å². The molecule has 0 aromatic carbocycles. The maximum absolute atomic E-state index is 12.0. The molecule has 0 spiro atoms. The Bertz CT molecular complexity index is 456. The van der Waals surface area contributed by atoms with Gasteiger partial charge in [-0.3, -0.25) is 4.79 Å². The van der Waals surface area contributed by atoms with E-state index >= 15 is 0 Å². The summed E-state index contributed by atoms with van der Waals surface area (Å²) in [6.45, 7) is 5.66. The van der Waals surface area contributed by atoms with E-state index in [0.29, 0.717) is 17.1 Å². The summed E-state index contributed by atoms with van der Waals surface area (Å²) in [6.07, 6.45) is 1.99. The summed E-state index contributed by atoms with van der Waals surface area (Å²) in [5, 5.41) is 3.90. The first-order valence-corrected chi connectivity index (χ1v) is 8.30. The van der Waals surface area contributed by atoms with Gasteiger partial charge in [0, 0.05) is 19.6 Å². The highest BCUT2D eigenvalue weighted by Crippen LogP contribution is 2.43. The molecule has 0 bridgehead atoms. The lowest BCUT2D eigenvalue weighted by Crippen LogP contribution is -2.35. The minimum Gasteiger partial charge on any atom is -0.396 e. The van der Waals surface area contributed by atoms with Crippen LogP contribution in [0, 0.1) is 0 Å². The summed E-state index contributed by atoms with van der Waals surface area (Å²) in [4.78, 5) is 15.9. The van der Waals surface area contributed by atoms with Crippen LogP contribution in [-0.2, 0) is 4.74 Å². The number of anilines is 2. The standard InChI is InChI=1S/C12H19N3O2S2/c1-3-14-11(16)9-8(13)10(18-2)12(19-9)15-4-6-17-7-5-15/h3-7,13H2,1-2H3,(H,14,16). The van der Waals surface area contributed by atoms with Gasteiger partial charge < -0.3 is 20.7 Å². The number of morpholine rings is 1. The smallest absolute Gasteiger partial charge is 0.263 e. The molecule has 0 aliphatic carbocycles. The van der Waals surface area contributed by atoms with E-state index in [4.69, 9.17) is 10.5 Å². The highest BCUT2D eigenvalue weighted by molar-refractivity contribution is 7.99. The number of nitrogens with one attached hydrogen (secondary N) is 1. The molecule has 1 aliphatic rings. The van der Waals surface area contributed by atoms with E-state index in [1.807, 2.05) is 13.2 Å². The van der Waals surface area contributed by atoms with Crippen LogP contribution in [0.3, 0.4) is 0 Å². The fraction of sp³-hybridized carbons (Fsp3) is 0.583. The zero-order valence-electron chi connectivity index (χ0n) is 11.2. The Balaban J connectivity index is 2.32. The van der Waals surface area contributed by atoms with Gasteiger partial charge in [0.25, 0.3) is 5.91 Å². The highest BCUT2D eigenvalue weighted by atomic mass is 32.2. The zero-order valence-corrected chi connectivity index (χ0v) is 12.8. The topological polar surface area (TPSA) is 67.6 Å². The van der Waals surface area contributed by atoms with Crippen LogP contribution in [0.4, 0.5) is 10.7 Å². The molecule has 0 saturated carbocycles. The van der Waals surface area contributed by atoms with Gasteiger partial charge in [-0.25, -0.2) is 0 Å². The molecule has 1 aromatic rings. The van der Waals surface area contributed by atoms with Gasteiger partial charge in [-0.1, -0.05) is 0 Å². The normalized spacial score (nSPS) is 15.6. The van der Waals surface area contributed by atoms with E-state index in [0.717, 1.165) is 36.2 Å². The molecule has 1 saturated heterocycles. The average molecular weight is 301 g/mol. The molecular weight excluding hydrogens is 282 g/mol. The number of thiophene rings is 1. The third-order valence-corrected chi connectivity index (χ3v) is 5.14. The molecule has 5 nitrogen and oxygen atoms in total. The number of thioether (sulfide) groups is 1. The first-order chi connectivity index (χ1) is 9.19. The van der Waals surface area contributed by atoms with Gasteiger partial charge in [0.05, 0.1) is 23.8 Å². The summed E-state index contributed by atoms with van der Waals surface area (Å²) in [5.74, 6) is -0.0835. The van der Waals surface area contributed by atoms with Crippen molar-refractivity contribution in [3.05, 3.63) is 4.88 Å². The maximum Gasteiger partial charge on any atom is 0.263 e. The van der Waals surface area contributed by atoms with Gasteiger partial charge in [0.2, 0.25) is 0 Å². The second-order valence-corrected chi connectivity index (χ2v) is 5.96. The lowest BCUT2D eigenvalue weighted by atomic mass is 10.3. The Morgan fingerprint density at radius 1 is 1.53 bits per heavy atom. The molecule has 3 N–H and O–H groups in total. The van der Waals surface area contributed by atoms with Crippen LogP contribution >= 0.6 is 23.1 Å². The van der Waals surface area contributed by atoms with Crippen molar-refractivity contribution in [1.29, 1.82) is 0 Å². The van der Waals surface area contributed by atoms with Crippen molar-refractivity contribution in [3.63, 3.8) is 0 Å². The third kappa shape index (κ3) is 2.98. The predicted octanol–water partition coefficient (Wildman–Crippen LogP) is 1.64. The van der Waals surface area contributed by atoms with E-state index in [9.17, 15) is 4.79 Å². The van der Waals surface area contributed by atoms with Crippen molar-refractivity contribution in [2.24, 2.45) is 0 Å². The van der Waals surface area contributed by atoms with Crippen LogP contribution in [0.2, 0.25) is 0 Å². The maximum atomic E-state index is 12.0. The lowest BCUT2D eigenvalue weighted by molar-refractivity contribution is 0.0960. The van der Waals surface area contributed by atoms with E-state index in [2.05, 4.69) is 10.2 Å². The van der Waals surface area contributed by atoms with Crippen LogP contribution in [0.25, 0.3) is 0 Å². The number of carbonyl (C=O) groups is 1. The van der Waals surface area contributed by atoms with Crippen molar-refractivity contribution in [1.82, 2.24) is 5.32 Å². The molecule has 106 valence electrons. The Morgan fingerprint density at radius 2 is 2.21 bits per heavy atom.